The van der Waals surface area contributed by atoms with Gasteiger partial charge in [0.2, 0.25) is 0 Å². The summed E-state index contributed by atoms with van der Waals surface area (Å²) >= 11 is 4.71. The van der Waals surface area contributed by atoms with Crippen molar-refractivity contribution in [3.05, 3.63) is 44.3 Å². The molecule has 18 heavy (non-hydrogen) atoms. The van der Waals surface area contributed by atoms with E-state index in [1.165, 1.54) is 6.07 Å². The maximum Gasteiger partial charge on any atom is 0.251 e. The van der Waals surface area contributed by atoms with E-state index in [0.717, 1.165) is 9.88 Å². The Morgan fingerprint density at radius 1 is 1.56 bits per heavy atom. The number of aryl methyl sites for hydroxylation is 1. The monoisotopic (exact) mass is 326 g/mol. The molecule has 0 fully saturated rings. The zero-order valence-electron chi connectivity index (χ0n) is 9.61. The minimum absolute atomic E-state index is 0.0488. The van der Waals surface area contributed by atoms with E-state index >= 15 is 0 Å². The van der Waals surface area contributed by atoms with E-state index < -0.39 is 0 Å². The van der Waals surface area contributed by atoms with E-state index in [1.54, 1.807) is 29.7 Å². The molecule has 0 aliphatic rings. The molecule has 2 N–H and O–H groups in total. The summed E-state index contributed by atoms with van der Waals surface area (Å²) in [6.07, 6.45) is 1.78. The molecule has 2 aromatic rings. The van der Waals surface area contributed by atoms with Gasteiger partial charge in [-0.1, -0.05) is 0 Å². The van der Waals surface area contributed by atoms with Gasteiger partial charge in [0, 0.05) is 16.6 Å². The maximum atomic E-state index is 11.8. The van der Waals surface area contributed by atoms with Crippen LogP contribution in [0.25, 0.3) is 0 Å². The average Bonchev–Trinajstić information content (AvgIpc) is 2.75. The SMILES string of the molecule is Cc1cnc(CNC(=O)c2ccc(Br)c(O)c2)s1. The number of nitrogens with one attached hydrogen (secondary N) is 1. The first-order valence-corrected chi connectivity index (χ1v) is 6.85. The quantitative estimate of drug-likeness (QED) is 0.911. The number of hydrogen-bond acceptors (Lipinski definition) is 4. The van der Waals surface area contributed by atoms with Gasteiger partial charge < -0.3 is 10.4 Å². The van der Waals surface area contributed by atoms with Crippen molar-refractivity contribution >= 4 is 33.2 Å². The summed E-state index contributed by atoms with van der Waals surface area (Å²) in [5.74, 6) is -0.182. The van der Waals surface area contributed by atoms with Crippen LogP contribution in [0.4, 0.5) is 0 Å². The van der Waals surface area contributed by atoms with Crippen molar-refractivity contribution in [3.63, 3.8) is 0 Å². The van der Waals surface area contributed by atoms with Crippen LogP contribution in [0, 0.1) is 6.92 Å². The van der Waals surface area contributed by atoms with Gasteiger partial charge in [-0.2, -0.15) is 0 Å². The molecule has 0 radical (unpaired) electrons. The maximum absolute atomic E-state index is 11.8. The number of amides is 1. The van der Waals surface area contributed by atoms with Crippen LogP contribution in [0.3, 0.4) is 0 Å². The molecule has 1 aromatic carbocycles. The standard InChI is InChI=1S/C12H11BrN2O2S/c1-7-5-14-11(18-7)6-15-12(17)8-2-3-9(13)10(16)4-8/h2-5,16H,6H2,1H3,(H,15,17). The van der Waals surface area contributed by atoms with Crippen LogP contribution in [-0.2, 0) is 6.54 Å². The molecule has 0 unspecified atom stereocenters. The first-order valence-electron chi connectivity index (χ1n) is 5.24. The molecule has 1 amide bonds. The number of hydrogen-bond donors (Lipinski definition) is 2. The van der Waals surface area contributed by atoms with Gasteiger partial charge in [0.1, 0.15) is 10.8 Å². The number of aromatic nitrogens is 1. The Morgan fingerprint density at radius 2 is 2.33 bits per heavy atom. The molecule has 6 heteroatoms. The molecular formula is C12H11BrN2O2S. The third kappa shape index (κ3) is 3.08. The number of aromatic hydroxyl groups is 1. The van der Waals surface area contributed by atoms with Gasteiger partial charge in [-0.05, 0) is 41.1 Å². The van der Waals surface area contributed by atoms with E-state index in [1.807, 2.05) is 6.92 Å². The second-order valence-corrected chi connectivity index (χ2v) is 5.89. The van der Waals surface area contributed by atoms with E-state index in [4.69, 9.17) is 0 Å². The Kier molecular flexibility index (Phi) is 3.98. The van der Waals surface area contributed by atoms with Gasteiger partial charge in [0.25, 0.3) is 5.91 Å². The van der Waals surface area contributed by atoms with Gasteiger partial charge in [-0.15, -0.1) is 11.3 Å². The predicted octanol–water partition coefficient (Wildman–Crippen LogP) is 2.85. The molecule has 4 nitrogen and oxygen atoms in total. The van der Waals surface area contributed by atoms with Crippen molar-refractivity contribution in [2.24, 2.45) is 0 Å². The highest BCUT2D eigenvalue weighted by molar-refractivity contribution is 9.10. The van der Waals surface area contributed by atoms with Gasteiger partial charge in [0.05, 0.1) is 11.0 Å². The Bertz CT molecular complexity index is 583. The molecule has 1 heterocycles. The minimum atomic E-state index is -0.231. The van der Waals surface area contributed by atoms with Crippen LogP contribution in [-0.4, -0.2) is 16.0 Å². The number of halogens is 1. The van der Waals surface area contributed by atoms with E-state index in [-0.39, 0.29) is 11.7 Å². The summed E-state index contributed by atoms with van der Waals surface area (Å²) in [4.78, 5) is 17.1. The summed E-state index contributed by atoms with van der Waals surface area (Å²) in [5.41, 5.74) is 0.420. The van der Waals surface area contributed by atoms with E-state index in [9.17, 15) is 9.90 Å². The lowest BCUT2D eigenvalue weighted by Crippen LogP contribution is -2.22. The highest BCUT2D eigenvalue weighted by Gasteiger charge is 2.08. The molecule has 0 aliphatic heterocycles. The Morgan fingerprint density at radius 3 is 2.94 bits per heavy atom. The largest absolute Gasteiger partial charge is 0.507 e. The molecular weight excluding hydrogens is 316 g/mol. The van der Waals surface area contributed by atoms with Gasteiger partial charge >= 0.3 is 0 Å². The number of phenols is 1. The predicted molar refractivity (Wildman–Crippen MR) is 73.8 cm³/mol. The number of carbonyl (C=O) groups excluding carboxylic acids is 1. The van der Waals surface area contributed by atoms with Crippen LogP contribution >= 0.6 is 27.3 Å². The highest BCUT2D eigenvalue weighted by Crippen LogP contribution is 2.24. The second-order valence-electron chi connectivity index (χ2n) is 3.71. The number of benzene rings is 1. The number of phenolic OH excluding ortho intramolecular Hbond substituents is 1. The third-order valence-corrected chi connectivity index (χ3v) is 3.86. The summed E-state index contributed by atoms with van der Waals surface area (Å²) in [5, 5.41) is 13.1. The normalized spacial score (nSPS) is 10.3. The molecule has 1 aromatic heterocycles. The van der Waals surface area contributed by atoms with Gasteiger partial charge in [-0.3, -0.25) is 4.79 Å². The van der Waals surface area contributed by atoms with Gasteiger partial charge in [0.15, 0.2) is 0 Å². The molecule has 0 atom stereocenters. The van der Waals surface area contributed by atoms with Crippen molar-refractivity contribution in [2.45, 2.75) is 13.5 Å². The Hall–Kier alpha value is -1.40. The molecule has 0 spiro atoms. The zero-order chi connectivity index (χ0) is 13.1. The Labute approximate surface area is 117 Å². The second kappa shape index (κ2) is 5.49. The van der Waals surface area contributed by atoms with Crippen molar-refractivity contribution in [2.75, 3.05) is 0 Å². The zero-order valence-corrected chi connectivity index (χ0v) is 12.0. The fraction of sp³-hybridized carbons (Fsp3) is 0.167. The average molecular weight is 327 g/mol. The third-order valence-electron chi connectivity index (χ3n) is 2.28. The van der Waals surface area contributed by atoms with Gasteiger partial charge in [-0.25, -0.2) is 4.98 Å². The highest BCUT2D eigenvalue weighted by atomic mass is 79.9. The molecule has 94 valence electrons. The van der Waals surface area contributed by atoms with Crippen LogP contribution in [0.1, 0.15) is 20.2 Å². The number of nitrogens with zero attached hydrogens (tertiary/aromatic N) is 1. The first kappa shape index (κ1) is 13.0. The van der Waals surface area contributed by atoms with Crippen molar-refractivity contribution in [3.8, 4) is 5.75 Å². The fourth-order valence-electron chi connectivity index (χ4n) is 1.40. The Balaban J connectivity index is 2.01. The van der Waals surface area contributed by atoms with E-state index in [2.05, 4.69) is 26.2 Å². The van der Waals surface area contributed by atoms with Crippen LogP contribution in [0.2, 0.25) is 0 Å². The molecule has 2 rings (SSSR count). The molecule has 0 bridgehead atoms. The van der Waals surface area contributed by atoms with Crippen LogP contribution in [0.5, 0.6) is 5.75 Å². The van der Waals surface area contributed by atoms with Crippen LogP contribution in [0.15, 0.2) is 28.9 Å². The van der Waals surface area contributed by atoms with Crippen molar-refractivity contribution in [1.29, 1.82) is 0 Å². The number of carbonyl (C=O) groups is 1. The minimum Gasteiger partial charge on any atom is -0.507 e. The molecule has 0 saturated heterocycles. The summed E-state index contributed by atoms with van der Waals surface area (Å²) in [7, 11) is 0. The van der Waals surface area contributed by atoms with E-state index in [0.29, 0.717) is 16.6 Å². The molecule has 0 aliphatic carbocycles. The van der Waals surface area contributed by atoms with Crippen molar-refractivity contribution in [1.82, 2.24) is 10.3 Å². The number of rotatable bonds is 3. The topological polar surface area (TPSA) is 62.2 Å². The number of thiazole rings is 1. The van der Waals surface area contributed by atoms with Crippen molar-refractivity contribution < 1.29 is 9.90 Å². The molecule has 0 saturated carbocycles. The summed E-state index contributed by atoms with van der Waals surface area (Å²) < 4.78 is 0.564. The fourth-order valence-corrected chi connectivity index (χ4v) is 2.37. The van der Waals surface area contributed by atoms with Crippen LogP contribution < -0.4 is 5.32 Å². The lowest BCUT2D eigenvalue weighted by atomic mass is 10.2. The summed E-state index contributed by atoms with van der Waals surface area (Å²) in [6, 6.07) is 4.70. The smallest absolute Gasteiger partial charge is 0.251 e. The lowest BCUT2D eigenvalue weighted by Gasteiger charge is -2.04. The first-order chi connectivity index (χ1) is 8.56. The lowest BCUT2D eigenvalue weighted by molar-refractivity contribution is 0.0950. The summed E-state index contributed by atoms with van der Waals surface area (Å²) in [6.45, 7) is 2.36.